The number of nitrogens with one attached hydrogen (secondary N) is 1. The molecule has 2 aliphatic heterocycles. The van der Waals surface area contributed by atoms with Crippen molar-refractivity contribution in [2.24, 2.45) is 5.92 Å². The highest BCUT2D eigenvalue weighted by Crippen LogP contribution is 2.47. The summed E-state index contributed by atoms with van der Waals surface area (Å²) in [4.78, 5) is 14.9. The van der Waals surface area contributed by atoms with Gasteiger partial charge in [-0.15, -0.1) is 0 Å². The van der Waals surface area contributed by atoms with Crippen molar-refractivity contribution in [1.82, 2.24) is 4.90 Å². The molecular weight excluding hydrogens is 276 g/mol. The lowest BCUT2D eigenvalue weighted by atomic mass is 9.71. The van der Waals surface area contributed by atoms with E-state index in [-0.39, 0.29) is 36.4 Å². The molecule has 3 aliphatic rings. The summed E-state index contributed by atoms with van der Waals surface area (Å²) in [7, 11) is 0. The molecule has 0 spiro atoms. The molecule has 4 nitrogen and oxygen atoms in total. The van der Waals surface area contributed by atoms with Crippen LogP contribution in [-0.4, -0.2) is 41.1 Å². The summed E-state index contributed by atoms with van der Waals surface area (Å²) in [5, 5.41) is 13.3. The van der Waals surface area contributed by atoms with E-state index in [1.165, 1.54) is 24.8 Å². The predicted molar refractivity (Wildman–Crippen MR) is 85.8 cm³/mol. The molecule has 2 heterocycles. The highest BCUT2D eigenvalue weighted by molar-refractivity contribution is 5.82. The number of benzene rings is 1. The zero-order valence-electron chi connectivity index (χ0n) is 12.9. The van der Waals surface area contributed by atoms with E-state index < -0.39 is 0 Å². The van der Waals surface area contributed by atoms with Gasteiger partial charge in [0.05, 0.1) is 18.7 Å². The maximum Gasteiger partial charge on any atom is 0.226 e. The molecule has 1 saturated carbocycles. The Morgan fingerprint density at radius 2 is 2.00 bits per heavy atom. The van der Waals surface area contributed by atoms with Gasteiger partial charge in [0.25, 0.3) is 0 Å². The van der Waals surface area contributed by atoms with E-state index >= 15 is 0 Å². The minimum absolute atomic E-state index is 0.0392. The van der Waals surface area contributed by atoms with Crippen molar-refractivity contribution in [2.75, 3.05) is 18.5 Å². The number of carbonyl (C=O) groups is 1. The molecule has 2 N–H and O–H groups in total. The predicted octanol–water partition coefficient (Wildman–Crippen LogP) is 2.35. The number of aliphatic hydroxyl groups excluding tert-OH is 1. The summed E-state index contributed by atoms with van der Waals surface area (Å²) < 4.78 is 0. The highest BCUT2D eigenvalue weighted by atomic mass is 16.3. The fourth-order valence-electron chi connectivity index (χ4n) is 4.64. The van der Waals surface area contributed by atoms with Gasteiger partial charge in [0.1, 0.15) is 0 Å². The van der Waals surface area contributed by atoms with Crippen molar-refractivity contribution in [2.45, 2.75) is 50.1 Å². The highest BCUT2D eigenvalue weighted by Gasteiger charge is 2.53. The lowest BCUT2D eigenvalue weighted by Crippen LogP contribution is -2.69. The second-order valence-electron chi connectivity index (χ2n) is 6.89. The second-order valence-corrected chi connectivity index (χ2v) is 6.89. The Bertz CT molecular complexity index is 568. The molecule has 4 rings (SSSR count). The third kappa shape index (κ3) is 2.04. The van der Waals surface area contributed by atoms with E-state index in [4.69, 9.17) is 0 Å². The molecule has 0 unspecified atom stereocenters. The van der Waals surface area contributed by atoms with Gasteiger partial charge in [-0.05, 0) is 24.5 Å². The molecule has 0 bridgehead atoms. The average Bonchev–Trinajstić information content (AvgIpc) is 2.56. The number of rotatable bonds is 2. The number of para-hydroxylation sites is 1. The second kappa shape index (κ2) is 5.58. The molecule has 1 saturated heterocycles. The molecule has 1 aromatic rings. The van der Waals surface area contributed by atoms with Crippen LogP contribution >= 0.6 is 0 Å². The normalized spacial score (nSPS) is 30.8. The maximum absolute atomic E-state index is 12.9. The van der Waals surface area contributed by atoms with Crippen LogP contribution in [0.4, 0.5) is 5.69 Å². The smallest absolute Gasteiger partial charge is 0.226 e. The third-order valence-electron chi connectivity index (χ3n) is 5.76. The van der Waals surface area contributed by atoms with Crippen LogP contribution in [-0.2, 0) is 4.79 Å². The minimum Gasteiger partial charge on any atom is -0.394 e. The molecule has 1 amide bonds. The van der Waals surface area contributed by atoms with Crippen molar-refractivity contribution in [3.05, 3.63) is 29.8 Å². The summed E-state index contributed by atoms with van der Waals surface area (Å²) >= 11 is 0. The summed E-state index contributed by atoms with van der Waals surface area (Å²) in [6.07, 6.45) is 5.64. The summed E-state index contributed by atoms with van der Waals surface area (Å²) in [5.74, 6) is 0.747. The number of likely N-dealkylation sites (tertiary alicyclic amines) is 1. The monoisotopic (exact) mass is 300 g/mol. The van der Waals surface area contributed by atoms with Crippen molar-refractivity contribution in [3.8, 4) is 0 Å². The zero-order valence-corrected chi connectivity index (χ0v) is 12.9. The topological polar surface area (TPSA) is 52.6 Å². The number of carbonyl (C=O) groups excluding carboxylic acids is 1. The van der Waals surface area contributed by atoms with E-state index in [1.807, 2.05) is 17.0 Å². The van der Waals surface area contributed by atoms with E-state index in [0.29, 0.717) is 0 Å². The van der Waals surface area contributed by atoms with Gasteiger partial charge in [0, 0.05) is 24.1 Å². The number of amides is 1. The van der Waals surface area contributed by atoms with E-state index in [0.717, 1.165) is 25.1 Å². The van der Waals surface area contributed by atoms with Gasteiger partial charge >= 0.3 is 0 Å². The zero-order chi connectivity index (χ0) is 15.1. The number of hydrogen-bond acceptors (Lipinski definition) is 3. The van der Waals surface area contributed by atoms with E-state index in [1.54, 1.807) is 0 Å². The number of hydrogen-bond donors (Lipinski definition) is 2. The van der Waals surface area contributed by atoms with Gasteiger partial charge in [0.2, 0.25) is 5.91 Å². The fraction of sp³-hybridized carbons (Fsp3) is 0.611. The first kappa shape index (κ1) is 14.1. The van der Waals surface area contributed by atoms with Crippen molar-refractivity contribution >= 4 is 11.6 Å². The molecule has 4 heteroatoms. The van der Waals surface area contributed by atoms with Crippen LogP contribution in [0.2, 0.25) is 0 Å². The molecule has 0 radical (unpaired) electrons. The maximum atomic E-state index is 12.9. The molecule has 3 atom stereocenters. The number of anilines is 1. The number of nitrogens with zero attached hydrogens (tertiary/aromatic N) is 1. The first-order valence-electron chi connectivity index (χ1n) is 8.57. The molecule has 0 aromatic heterocycles. The Kier molecular flexibility index (Phi) is 3.57. The standard InChI is InChI=1S/C18H24N2O2/c21-11-16-17-13-8-4-5-9-14(13)19-10-15(17)20(16)18(22)12-6-2-1-3-7-12/h4-5,8-9,12,15-17,19,21H,1-3,6-7,10-11H2/t15-,16-,17+/m1/s1. The largest absolute Gasteiger partial charge is 0.394 e. The molecule has 1 aromatic carbocycles. The molecule has 1 aliphatic carbocycles. The van der Waals surface area contributed by atoms with Crippen molar-refractivity contribution < 1.29 is 9.90 Å². The Labute approximate surface area is 131 Å². The quantitative estimate of drug-likeness (QED) is 0.881. The summed E-state index contributed by atoms with van der Waals surface area (Å²) in [6.45, 7) is 0.866. The lowest BCUT2D eigenvalue weighted by molar-refractivity contribution is -0.155. The van der Waals surface area contributed by atoms with Crippen LogP contribution < -0.4 is 5.32 Å². The Morgan fingerprint density at radius 3 is 2.77 bits per heavy atom. The molecular formula is C18H24N2O2. The first-order chi connectivity index (χ1) is 10.8. The van der Waals surface area contributed by atoms with Crippen LogP contribution in [0.5, 0.6) is 0 Å². The van der Waals surface area contributed by atoms with Crippen LogP contribution in [0.25, 0.3) is 0 Å². The van der Waals surface area contributed by atoms with Crippen molar-refractivity contribution in [1.29, 1.82) is 0 Å². The van der Waals surface area contributed by atoms with Crippen LogP contribution in [0.3, 0.4) is 0 Å². The van der Waals surface area contributed by atoms with Gasteiger partial charge in [-0.2, -0.15) is 0 Å². The SMILES string of the molecule is O=C(C1CCCCC1)N1[C@H](CO)[C@H]2c3ccccc3NC[C@H]21. The summed E-state index contributed by atoms with van der Waals surface area (Å²) in [5.41, 5.74) is 2.41. The average molecular weight is 300 g/mol. The van der Waals surface area contributed by atoms with Gasteiger partial charge < -0.3 is 15.3 Å². The minimum atomic E-state index is -0.0392. The molecule has 22 heavy (non-hydrogen) atoms. The van der Waals surface area contributed by atoms with Crippen LogP contribution in [0.15, 0.2) is 24.3 Å². The number of fused-ring (bicyclic) bond motifs is 3. The molecule has 118 valence electrons. The van der Waals surface area contributed by atoms with Crippen LogP contribution in [0, 0.1) is 5.92 Å². The van der Waals surface area contributed by atoms with E-state index in [9.17, 15) is 9.90 Å². The van der Waals surface area contributed by atoms with E-state index in [2.05, 4.69) is 17.4 Å². The Balaban J connectivity index is 1.57. The van der Waals surface area contributed by atoms with Crippen molar-refractivity contribution in [3.63, 3.8) is 0 Å². The lowest BCUT2D eigenvalue weighted by Gasteiger charge is -2.58. The Hall–Kier alpha value is -1.55. The number of aliphatic hydroxyl groups is 1. The van der Waals surface area contributed by atoms with Gasteiger partial charge in [-0.25, -0.2) is 0 Å². The van der Waals surface area contributed by atoms with Gasteiger partial charge in [-0.1, -0.05) is 37.5 Å². The third-order valence-corrected chi connectivity index (χ3v) is 5.76. The van der Waals surface area contributed by atoms with Gasteiger partial charge in [-0.3, -0.25) is 4.79 Å². The van der Waals surface area contributed by atoms with Gasteiger partial charge in [0.15, 0.2) is 0 Å². The van der Waals surface area contributed by atoms with Crippen LogP contribution in [0.1, 0.15) is 43.6 Å². The molecule has 2 fully saturated rings. The Morgan fingerprint density at radius 1 is 1.23 bits per heavy atom. The first-order valence-corrected chi connectivity index (χ1v) is 8.57. The summed E-state index contributed by atoms with van der Waals surface area (Å²) in [6, 6.07) is 8.46. The fourth-order valence-corrected chi connectivity index (χ4v) is 4.64.